The summed E-state index contributed by atoms with van der Waals surface area (Å²) in [5.74, 6) is 1.86. The van der Waals surface area contributed by atoms with Crippen molar-refractivity contribution in [1.29, 1.82) is 0 Å². The van der Waals surface area contributed by atoms with Crippen LogP contribution in [-0.2, 0) is 4.79 Å². The molecule has 2 fully saturated rings. The molecule has 3 atom stereocenters. The molecule has 1 unspecified atom stereocenters. The Bertz CT molecular complexity index is 567. The van der Waals surface area contributed by atoms with Gasteiger partial charge in [-0.25, -0.2) is 0 Å². The topological polar surface area (TPSA) is 50.6 Å². The van der Waals surface area contributed by atoms with E-state index in [0.29, 0.717) is 12.1 Å². The zero-order valence-corrected chi connectivity index (χ0v) is 13.9. The Morgan fingerprint density at radius 3 is 2.48 bits per heavy atom. The van der Waals surface area contributed by atoms with E-state index in [1.54, 1.807) is 31.2 Å². The lowest BCUT2D eigenvalue weighted by Gasteiger charge is -2.38. The summed E-state index contributed by atoms with van der Waals surface area (Å²) in [5.41, 5.74) is 1.44. The van der Waals surface area contributed by atoms with E-state index < -0.39 is 0 Å². The van der Waals surface area contributed by atoms with Gasteiger partial charge in [-0.05, 0) is 56.4 Å². The van der Waals surface area contributed by atoms with E-state index in [1.165, 1.54) is 37.0 Å². The molecule has 1 saturated heterocycles. The first-order valence-corrected chi connectivity index (χ1v) is 8.86. The van der Waals surface area contributed by atoms with Crippen molar-refractivity contribution in [3.8, 4) is 0 Å². The van der Waals surface area contributed by atoms with Gasteiger partial charge in [-0.1, -0.05) is 12.8 Å². The lowest BCUT2D eigenvalue weighted by atomic mass is 9.75. The Balaban J connectivity index is 1.50. The number of ketones is 1. The van der Waals surface area contributed by atoms with Crippen molar-refractivity contribution in [3.63, 3.8) is 0 Å². The molecule has 23 heavy (non-hydrogen) atoms. The average molecular weight is 315 g/mol. The summed E-state index contributed by atoms with van der Waals surface area (Å²) in [6.07, 6.45) is 6.78. The molecule has 1 saturated carbocycles. The van der Waals surface area contributed by atoms with Crippen molar-refractivity contribution in [2.45, 2.75) is 39.0 Å². The molecule has 2 aliphatic rings. The van der Waals surface area contributed by atoms with Crippen molar-refractivity contribution >= 4 is 17.4 Å². The second-order valence-corrected chi connectivity index (χ2v) is 7.16. The number of Topliss-reactive ketones (excluding diaryl/α,β-unsaturated/α-hetero) is 1. The van der Waals surface area contributed by atoms with Crippen LogP contribution in [0.2, 0.25) is 0 Å². The molecule has 0 aromatic heterocycles. The normalized spacial score (nSPS) is 27.1. The van der Waals surface area contributed by atoms with E-state index in [-0.39, 0.29) is 11.7 Å². The number of rotatable bonds is 4. The highest BCUT2D eigenvalue weighted by Gasteiger charge is 2.34. The Morgan fingerprint density at radius 2 is 1.78 bits per heavy atom. The number of amides is 1. The van der Waals surface area contributed by atoms with Gasteiger partial charge in [0.05, 0.1) is 13.1 Å². The summed E-state index contributed by atoms with van der Waals surface area (Å²) < 4.78 is 0. The third-order valence-corrected chi connectivity index (χ3v) is 5.47. The molecule has 4 nitrogen and oxygen atoms in total. The number of hydrogen-bond donors (Lipinski definition) is 2. The van der Waals surface area contributed by atoms with Gasteiger partial charge >= 0.3 is 0 Å². The number of piperidine rings is 1. The van der Waals surface area contributed by atoms with Crippen LogP contribution in [0.4, 0.5) is 5.69 Å². The van der Waals surface area contributed by atoms with E-state index in [0.717, 1.165) is 30.6 Å². The SMILES string of the molecule is CC(=O)c1ccc(NC(=O)C[NH+]2CC[C@H]3CCCC[C@@H]3C2)cc1. The van der Waals surface area contributed by atoms with Crippen LogP contribution in [0, 0.1) is 11.8 Å². The number of benzene rings is 1. The van der Waals surface area contributed by atoms with Gasteiger partial charge in [-0.15, -0.1) is 0 Å². The number of quaternary nitrogens is 1. The minimum Gasteiger partial charge on any atom is -0.327 e. The van der Waals surface area contributed by atoms with Crippen LogP contribution in [0.3, 0.4) is 0 Å². The molecule has 0 bridgehead atoms. The molecular weight excluding hydrogens is 288 g/mol. The zero-order chi connectivity index (χ0) is 16.2. The molecular formula is C19H27N2O2+. The van der Waals surface area contributed by atoms with Gasteiger partial charge in [0.25, 0.3) is 5.91 Å². The summed E-state index contributed by atoms with van der Waals surface area (Å²) in [7, 11) is 0. The van der Waals surface area contributed by atoms with Gasteiger partial charge in [-0.2, -0.15) is 0 Å². The maximum atomic E-state index is 12.3. The third-order valence-electron chi connectivity index (χ3n) is 5.47. The van der Waals surface area contributed by atoms with Crippen molar-refractivity contribution in [2.75, 3.05) is 25.0 Å². The van der Waals surface area contributed by atoms with Crippen LogP contribution < -0.4 is 10.2 Å². The lowest BCUT2D eigenvalue weighted by molar-refractivity contribution is -0.902. The van der Waals surface area contributed by atoms with E-state index in [1.807, 2.05) is 0 Å². The summed E-state index contributed by atoms with van der Waals surface area (Å²) in [6, 6.07) is 7.13. The number of fused-ring (bicyclic) bond motifs is 1. The maximum Gasteiger partial charge on any atom is 0.279 e. The minimum atomic E-state index is 0.0441. The first kappa shape index (κ1) is 16.2. The number of nitrogens with one attached hydrogen (secondary N) is 2. The Morgan fingerprint density at radius 1 is 1.09 bits per heavy atom. The van der Waals surface area contributed by atoms with Crippen molar-refractivity contribution in [2.24, 2.45) is 11.8 Å². The lowest BCUT2D eigenvalue weighted by Crippen LogP contribution is -3.15. The average Bonchev–Trinajstić information content (AvgIpc) is 2.55. The van der Waals surface area contributed by atoms with Gasteiger partial charge < -0.3 is 10.2 Å². The summed E-state index contributed by atoms with van der Waals surface area (Å²) in [5, 5.41) is 2.96. The van der Waals surface area contributed by atoms with Gasteiger partial charge in [0.15, 0.2) is 12.3 Å². The highest BCUT2D eigenvalue weighted by Crippen LogP contribution is 2.32. The molecule has 1 aliphatic heterocycles. The van der Waals surface area contributed by atoms with Gasteiger partial charge in [0.2, 0.25) is 0 Å². The highest BCUT2D eigenvalue weighted by molar-refractivity contribution is 5.95. The Kier molecular flexibility index (Phi) is 5.11. The quantitative estimate of drug-likeness (QED) is 0.834. The van der Waals surface area contributed by atoms with Gasteiger partial charge in [-0.3, -0.25) is 9.59 Å². The minimum absolute atomic E-state index is 0.0441. The molecule has 1 aromatic rings. The number of carbonyl (C=O) groups excluding carboxylic acids is 2. The molecule has 1 aromatic carbocycles. The second kappa shape index (κ2) is 7.26. The second-order valence-electron chi connectivity index (χ2n) is 7.16. The van der Waals surface area contributed by atoms with Crippen molar-refractivity contribution in [3.05, 3.63) is 29.8 Å². The van der Waals surface area contributed by atoms with E-state index in [4.69, 9.17) is 0 Å². The molecule has 124 valence electrons. The largest absolute Gasteiger partial charge is 0.327 e. The molecule has 3 rings (SSSR count). The van der Waals surface area contributed by atoms with Crippen molar-refractivity contribution < 1.29 is 14.5 Å². The molecule has 1 aliphatic carbocycles. The molecule has 1 amide bonds. The molecule has 4 heteroatoms. The third kappa shape index (κ3) is 4.20. The summed E-state index contributed by atoms with van der Waals surface area (Å²) in [6.45, 7) is 4.38. The van der Waals surface area contributed by atoms with Crippen LogP contribution in [0.5, 0.6) is 0 Å². The molecule has 2 N–H and O–H groups in total. The fourth-order valence-corrected chi connectivity index (χ4v) is 4.18. The Hall–Kier alpha value is -1.68. The first-order valence-electron chi connectivity index (χ1n) is 8.86. The van der Waals surface area contributed by atoms with Gasteiger partial charge in [0.1, 0.15) is 0 Å². The monoisotopic (exact) mass is 315 g/mol. The van der Waals surface area contributed by atoms with Crippen LogP contribution >= 0.6 is 0 Å². The number of likely N-dealkylation sites (tertiary alicyclic amines) is 1. The van der Waals surface area contributed by atoms with E-state index in [9.17, 15) is 9.59 Å². The number of hydrogen-bond acceptors (Lipinski definition) is 2. The van der Waals surface area contributed by atoms with E-state index >= 15 is 0 Å². The smallest absolute Gasteiger partial charge is 0.279 e. The summed E-state index contributed by atoms with van der Waals surface area (Å²) in [4.78, 5) is 24.9. The van der Waals surface area contributed by atoms with Crippen LogP contribution in [0.1, 0.15) is 49.4 Å². The van der Waals surface area contributed by atoms with Crippen LogP contribution in [0.15, 0.2) is 24.3 Å². The van der Waals surface area contributed by atoms with Gasteiger partial charge in [0, 0.05) is 17.2 Å². The van der Waals surface area contributed by atoms with Crippen molar-refractivity contribution in [1.82, 2.24) is 0 Å². The first-order chi connectivity index (χ1) is 11.1. The summed E-state index contributed by atoms with van der Waals surface area (Å²) >= 11 is 0. The fourth-order valence-electron chi connectivity index (χ4n) is 4.18. The predicted octanol–water partition coefficient (Wildman–Crippen LogP) is 1.92. The highest BCUT2D eigenvalue weighted by atomic mass is 16.2. The Labute approximate surface area is 138 Å². The zero-order valence-electron chi connectivity index (χ0n) is 13.9. The van der Waals surface area contributed by atoms with E-state index in [2.05, 4.69) is 5.32 Å². The number of anilines is 1. The van der Waals surface area contributed by atoms with Crippen LogP contribution in [0.25, 0.3) is 0 Å². The number of carbonyl (C=O) groups is 2. The predicted molar refractivity (Wildman–Crippen MR) is 90.7 cm³/mol. The molecule has 0 radical (unpaired) electrons. The van der Waals surface area contributed by atoms with Crippen LogP contribution in [-0.4, -0.2) is 31.3 Å². The fraction of sp³-hybridized carbons (Fsp3) is 0.579. The standard InChI is InChI=1S/C19H26N2O2/c1-14(22)15-6-8-18(9-7-15)20-19(23)13-21-11-10-16-4-2-3-5-17(16)12-21/h6-9,16-17H,2-5,10-13H2,1H3,(H,20,23)/p+1/t16-,17-/m1/s1. The molecule has 1 heterocycles. The maximum absolute atomic E-state index is 12.3. The molecule has 0 spiro atoms.